The van der Waals surface area contributed by atoms with Crippen LogP contribution in [0.15, 0.2) is 23.2 Å². The Morgan fingerprint density at radius 2 is 2.05 bits per heavy atom. The van der Waals surface area contributed by atoms with Gasteiger partial charge in [-0.1, -0.05) is 26.0 Å². The monoisotopic (exact) mass is 262 g/mol. The zero-order valence-corrected chi connectivity index (χ0v) is 12.7. The van der Waals surface area contributed by atoms with Crippen LogP contribution in [0, 0.1) is 12.3 Å². The van der Waals surface area contributed by atoms with Gasteiger partial charge in [0, 0.05) is 20.0 Å². The Kier molecular flexibility index (Phi) is 8.25. The van der Waals surface area contributed by atoms with Gasteiger partial charge in [0.15, 0.2) is 0 Å². The molecule has 0 saturated carbocycles. The molecular formula is C15H26N4. The van der Waals surface area contributed by atoms with Crippen molar-refractivity contribution >= 4 is 17.9 Å². The minimum Gasteiger partial charge on any atom is -0.387 e. The van der Waals surface area contributed by atoms with E-state index in [4.69, 9.17) is 11.1 Å². The summed E-state index contributed by atoms with van der Waals surface area (Å²) in [6.07, 6.45) is 2.33. The maximum Gasteiger partial charge on any atom is 0.0950 e. The first-order valence-corrected chi connectivity index (χ1v) is 6.69. The Balaban J connectivity index is 0.00000154. The van der Waals surface area contributed by atoms with Gasteiger partial charge in [-0.05, 0) is 31.0 Å². The Bertz CT molecular complexity index is 424. The van der Waals surface area contributed by atoms with Crippen LogP contribution in [0.3, 0.4) is 0 Å². The number of aryl methyl sites for hydroxylation is 1. The summed E-state index contributed by atoms with van der Waals surface area (Å²) in [7, 11) is 1.99. The van der Waals surface area contributed by atoms with Gasteiger partial charge < -0.3 is 10.6 Å². The van der Waals surface area contributed by atoms with Crippen LogP contribution in [-0.4, -0.2) is 30.7 Å². The second kappa shape index (κ2) is 9.14. The SMILES string of the molecule is CC.CCN(C)C=Nc1ccc(CC(=N)N)cc1C. The van der Waals surface area contributed by atoms with Crippen LogP contribution < -0.4 is 5.73 Å². The van der Waals surface area contributed by atoms with Crippen molar-refractivity contribution in [3.8, 4) is 0 Å². The van der Waals surface area contributed by atoms with Crippen molar-refractivity contribution in [2.24, 2.45) is 10.7 Å². The lowest BCUT2D eigenvalue weighted by Gasteiger charge is -2.09. The predicted octanol–water partition coefficient (Wildman–Crippen LogP) is 3.11. The third kappa shape index (κ3) is 6.60. The van der Waals surface area contributed by atoms with Crippen LogP contribution >= 0.6 is 0 Å². The predicted molar refractivity (Wildman–Crippen MR) is 84.6 cm³/mol. The van der Waals surface area contributed by atoms with E-state index in [0.29, 0.717) is 6.42 Å². The molecule has 0 spiro atoms. The first-order valence-electron chi connectivity index (χ1n) is 6.69. The van der Waals surface area contributed by atoms with Gasteiger partial charge in [-0.15, -0.1) is 0 Å². The van der Waals surface area contributed by atoms with E-state index >= 15 is 0 Å². The Morgan fingerprint density at radius 3 is 2.53 bits per heavy atom. The van der Waals surface area contributed by atoms with E-state index in [9.17, 15) is 0 Å². The molecule has 0 saturated heterocycles. The molecule has 3 N–H and O–H groups in total. The molecule has 0 amide bonds. The molecule has 0 fully saturated rings. The van der Waals surface area contributed by atoms with Gasteiger partial charge >= 0.3 is 0 Å². The van der Waals surface area contributed by atoms with Gasteiger partial charge in [0.1, 0.15) is 0 Å². The smallest absolute Gasteiger partial charge is 0.0950 e. The van der Waals surface area contributed by atoms with E-state index in [1.807, 2.05) is 57.3 Å². The topological polar surface area (TPSA) is 65.5 Å². The molecular weight excluding hydrogens is 236 g/mol. The van der Waals surface area contributed by atoms with Crippen LogP contribution in [-0.2, 0) is 6.42 Å². The number of nitrogens with one attached hydrogen (secondary N) is 1. The van der Waals surface area contributed by atoms with E-state index in [1.54, 1.807) is 0 Å². The van der Waals surface area contributed by atoms with Crippen LogP contribution in [0.5, 0.6) is 0 Å². The quantitative estimate of drug-likeness (QED) is 0.632. The maximum atomic E-state index is 7.26. The van der Waals surface area contributed by atoms with Crippen molar-refractivity contribution < 1.29 is 0 Å². The fourth-order valence-corrected chi connectivity index (χ4v) is 1.43. The molecule has 1 rings (SSSR count). The fourth-order valence-electron chi connectivity index (χ4n) is 1.43. The number of hydrogen-bond acceptors (Lipinski definition) is 2. The fraction of sp³-hybridized carbons (Fsp3) is 0.467. The zero-order chi connectivity index (χ0) is 14.8. The van der Waals surface area contributed by atoms with Crippen molar-refractivity contribution in [2.75, 3.05) is 13.6 Å². The lowest BCUT2D eigenvalue weighted by molar-refractivity contribution is 0.552. The Hall–Kier alpha value is -1.84. The summed E-state index contributed by atoms with van der Waals surface area (Å²) in [5.41, 5.74) is 8.49. The molecule has 0 aromatic heterocycles. The molecule has 0 bridgehead atoms. The van der Waals surface area contributed by atoms with Crippen molar-refractivity contribution in [3.05, 3.63) is 29.3 Å². The Labute approximate surface area is 116 Å². The summed E-state index contributed by atoms with van der Waals surface area (Å²) in [5, 5.41) is 7.26. The van der Waals surface area contributed by atoms with Crippen LogP contribution in [0.2, 0.25) is 0 Å². The largest absolute Gasteiger partial charge is 0.387 e. The lowest BCUT2D eigenvalue weighted by Crippen LogP contribution is -2.14. The maximum absolute atomic E-state index is 7.26. The average Bonchev–Trinajstić information content (AvgIpc) is 2.39. The second-order valence-electron chi connectivity index (χ2n) is 4.14. The molecule has 1 aromatic carbocycles. The average molecular weight is 262 g/mol. The summed E-state index contributed by atoms with van der Waals surface area (Å²) in [5.74, 6) is 0.186. The van der Waals surface area contributed by atoms with Crippen molar-refractivity contribution in [1.82, 2.24) is 4.90 Å². The number of nitrogens with two attached hydrogens (primary N) is 1. The summed E-state index contributed by atoms with van der Waals surface area (Å²) in [6, 6.07) is 5.96. The van der Waals surface area contributed by atoms with Gasteiger partial charge in [-0.25, -0.2) is 4.99 Å². The second-order valence-corrected chi connectivity index (χ2v) is 4.14. The molecule has 4 heteroatoms. The standard InChI is InChI=1S/C13H20N4.C2H6/c1-4-17(3)9-16-12-6-5-11(7-10(12)2)8-13(14)15;1-2/h5-7,9H,4,8H2,1-3H3,(H3,14,15);1-2H3. The van der Waals surface area contributed by atoms with E-state index in [0.717, 1.165) is 23.4 Å². The van der Waals surface area contributed by atoms with Crippen molar-refractivity contribution in [1.29, 1.82) is 5.41 Å². The van der Waals surface area contributed by atoms with Crippen LogP contribution in [0.25, 0.3) is 0 Å². The van der Waals surface area contributed by atoms with E-state index < -0.39 is 0 Å². The number of hydrogen-bond donors (Lipinski definition) is 2. The third-order valence-corrected chi connectivity index (χ3v) is 2.55. The van der Waals surface area contributed by atoms with E-state index in [2.05, 4.69) is 11.9 Å². The molecule has 19 heavy (non-hydrogen) atoms. The Morgan fingerprint density at radius 1 is 1.42 bits per heavy atom. The minimum absolute atomic E-state index is 0.186. The summed E-state index contributed by atoms with van der Waals surface area (Å²) >= 11 is 0. The molecule has 0 aliphatic carbocycles. The van der Waals surface area contributed by atoms with Crippen LogP contribution in [0.1, 0.15) is 31.9 Å². The zero-order valence-electron chi connectivity index (χ0n) is 12.7. The molecule has 0 heterocycles. The molecule has 0 aliphatic rings. The minimum atomic E-state index is 0.186. The van der Waals surface area contributed by atoms with Crippen molar-refractivity contribution in [3.63, 3.8) is 0 Å². The molecule has 0 atom stereocenters. The highest BCUT2D eigenvalue weighted by atomic mass is 15.1. The number of aliphatic imine (C=N–C) groups is 1. The van der Waals surface area contributed by atoms with Crippen LogP contribution in [0.4, 0.5) is 5.69 Å². The first kappa shape index (κ1) is 17.2. The number of benzene rings is 1. The number of nitrogens with zero attached hydrogens (tertiary/aromatic N) is 2. The number of amidine groups is 1. The van der Waals surface area contributed by atoms with E-state index in [1.165, 1.54) is 0 Å². The number of rotatable bonds is 5. The van der Waals surface area contributed by atoms with Gasteiger partial charge in [0.25, 0.3) is 0 Å². The lowest BCUT2D eigenvalue weighted by atomic mass is 10.1. The molecule has 1 aromatic rings. The molecule has 0 radical (unpaired) electrons. The first-order chi connectivity index (χ1) is 9.02. The highest BCUT2D eigenvalue weighted by molar-refractivity contribution is 5.79. The summed E-state index contributed by atoms with van der Waals surface area (Å²) in [6.45, 7) is 9.03. The molecule has 4 nitrogen and oxygen atoms in total. The van der Waals surface area contributed by atoms with Gasteiger partial charge in [-0.2, -0.15) is 0 Å². The molecule has 0 aliphatic heterocycles. The van der Waals surface area contributed by atoms with E-state index in [-0.39, 0.29) is 5.84 Å². The van der Waals surface area contributed by atoms with Gasteiger partial charge in [-0.3, -0.25) is 5.41 Å². The highest BCUT2D eigenvalue weighted by Crippen LogP contribution is 2.19. The normalized spacial score (nSPS) is 9.95. The molecule has 106 valence electrons. The van der Waals surface area contributed by atoms with Crippen molar-refractivity contribution in [2.45, 2.75) is 34.1 Å². The summed E-state index contributed by atoms with van der Waals surface area (Å²) in [4.78, 5) is 6.43. The van der Waals surface area contributed by atoms with Gasteiger partial charge in [0.2, 0.25) is 0 Å². The molecule has 0 unspecified atom stereocenters. The third-order valence-electron chi connectivity index (χ3n) is 2.55. The summed E-state index contributed by atoms with van der Waals surface area (Å²) < 4.78 is 0. The van der Waals surface area contributed by atoms with Gasteiger partial charge in [0.05, 0.1) is 17.9 Å². The highest BCUT2D eigenvalue weighted by Gasteiger charge is 2.00.